The van der Waals surface area contributed by atoms with E-state index in [1.807, 2.05) is 12.1 Å². The molecule has 0 heterocycles. The van der Waals surface area contributed by atoms with Gasteiger partial charge in [-0.15, -0.1) is 0 Å². The first-order valence-electron chi connectivity index (χ1n) is 10.8. The van der Waals surface area contributed by atoms with Gasteiger partial charge in [0.15, 0.2) is 0 Å². The van der Waals surface area contributed by atoms with Gasteiger partial charge in [0.25, 0.3) is 0 Å². The van der Waals surface area contributed by atoms with E-state index in [4.69, 9.17) is 0 Å². The molecule has 0 unspecified atom stereocenters. The van der Waals surface area contributed by atoms with Crippen LogP contribution in [0.3, 0.4) is 0 Å². The fraction of sp³-hybridized carbons (Fsp3) is 0.520. The smallest absolute Gasteiger partial charge is 0.0799 e. The predicted octanol–water partition coefficient (Wildman–Crippen LogP) is 7.71. The fourth-order valence-electron chi connectivity index (χ4n) is 3.87. The molecule has 1 atom stereocenters. The summed E-state index contributed by atoms with van der Waals surface area (Å²) in [5, 5.41) is 11.7. The fourth-order valence-corrected chi connectivity index (χ4v) is 4.69. The molecule has 0 aliphatic carbocycles. The van der Waals surface area contributed by atoms with Gasteiger partial charge in [-0.05, 0) is 43.0 Å². The Balaban J connectivity index is 2.35. The zero-order valence-electron chi connectivity index (χ0n) is 18.0. The summed E-state index contributed by atoms with van der Waals surface area (Å²) in [4.78, 5) is 2.44. The first-order valence-corrected chi connectivity index (χ1v) is 12.4. The number of hydrogen-bond donors (Lipinski definition) is 1. The maximum absolute atomic E-state index is 11.7. The number of nitrogens with zero attached hydrogens (tertiary/aromatic N) is 1. The highest BCUT2D eigenvalue weighted by atomic mass is 79.9. The number of benzene rings is 2. The first-order chi connectivity index (χ1) is 13.9. The summed E-state index contributed by atoms with van der Waals surface area (Å²) in [7, 11) is 0. The van der Waals surface area contributed by atoms with Crippen LogP contribution in [-0.4, -0.2) is 21.6 Å². The van der Waals surface area contributed by atoms with E-state index in [-0.39, 0.29) is 6.04 Å². The van der Waals surface area contributed by atoms with Crippen LogP contribution in [0, 0.1) is 0 Å². The van der Waals surface area contributed by atoms with Gasteiger partial charge < -0.3 is 5.11 Å². The van der Waals surface area contributed by atoms with Crippen LogP contribution in [0.2, 0.25) is 0 Å². The molecule has 0 aromatic heterocycles. The third-order valence-corrected chi connectivity index (χ3v) is 7.46. The van der Waals surface area contributed by atoms with E-state index in [1.54, 1.807) is 0 Å². The second-order valence-electron chi connectivity index (χ2n) is 8.07. The topological polar surface area (TPSA) is 23.5 Å². The predicted molar refractivity (Wildman–Crippen MR) is 131 cm³/mol. The van der Waals surface area contributed by atoms with Crippen molar-refractivity contribution in [2.45, 2.75) is 84.0 Å². The van der Waals surface area contributed by atoms with Crippen molar-refractivity contribution < 1.29 is 5.11 Å². The summed E-state index contributed by atoms with van der Waals surface area (Å²) in [6.45, 7) is 8.20. The van der Waals surface area contributed by atoms with E-state index >= 15 is 0 Å². The van der Waals surface area contributed by atoms with Crippen molar-refractivity contribution in [3.8, 4) is 0 Å². The molecule has 0 fully saturated rings. The minimum absolute atomic E-state index is 0.0554. The Morgan fingerprint density at radius 2 is 1.24 bits per heavy atom. The normalized spacial score (nSPS) is 13.1. The number of aliphatic hydroxyl groups is 1. The molecule has 1 N–H and O–H groups in total. The molecule has 2 nitrogen and oxygen atoms in total. The van der Waals surface area contributed by atoms with Crippen LogP contribution < -0.4 is 0 Å². The highest BCUT2D eigenvalue weighted by Crippen LogP contribution is 2.32. The molecule has 0 aliphatic rings. The average Bonchev–Trinajstić information content (AvgIpc) is 2.72. The molecule has 0 spiro atoms. The quantitative estimate of drug-likeness (QED) is 0.307. The van der Waals surface area contributed by atoms with Crippen molar-refractivity contribution in [2.24, 2.45) is 0 Å². The highest BCUT2D eigenvalue weighted by molar-refractivity contribution is 9.10. The first kappa shape index (κ1) is 24.6. The summed E-state index contributed by atoms with van der Waals surface area (Å²) < 4.78 is 2.24. The van der Waals surface area contributed by atoms with Crippen LogP contribution in [0.1, 0.15) is 70.4 Å². The molecule has 0 amide bonds. The van der Waals surface area contributed by atoms with Gasteiger partial charge in [-0.2, -0.15) is 0 Å². The van der Waals surface area contributed by atoms with Crippen LogP contribution in [-0.2, 0) is 13.1 Å². The van der Waals surface area contributed by atoms with E-state index < -0.39 is 5.60 Å². The molecule has 2 aromatic carbocycles. The molecule has 0 radical (unpaired) electrons. The molecular formula is C25H35Br2NO. The molecule has 2 aromatic rings. The molecule has 0 aliphatic heterocycles. The van der Waals surface area contributed by atoms with Crippen molar-refractivity contribution in [3.63, 3.8) is 0 Å². The van der Waals surface area contributed by atoms with Crippen LogP contribution >= 0.6 is 31.9 Å². The number of unbranched alkanes of at least 4 members (excludes halogenated alkanes) is 2. The third-order valence-electron chi connectivity index (χ3n) is 5.91. The molecule has 4 heteroatoms. The lowest BCUT2D eigenvalue weighted by Crippen LogP contribution is -2.50. The Hall–Kier alpha value is -0.680. The van der Waals surface area contributed by atoms with Gasteiger partial charge in [0.2, 0.25) is 0 Å². The van der Waals surface area contributed by atoms with E-state index in [1.165, 1.54) is 11.1 Å². The lowest BCUT2D eigenvalue weighted by molar-refractivity contribution is -0.0615. The number of halogens is 2. The van der Waals surface area contributed by atoms with Gasteiger partial charge >= 0.3 is 0 Å². The van der Waals surface area contributed by atoms with Crippen LogP contribution in [0.15, 0.2) is 57.5 Å². The van der Waals surface area contributed by atoms with E-state index in [2.05, 4.69) is 93.9 Å². The summed E-state index contributed by atoms with van der Waals surface area (Å²) in [6, 6.07) is 16.8. The van der Waals surface area contributed by atoms with Gasteiger partial charge in [-0.1, -0.05) is 108 Å². The van der Waals surface area contributed by atoms with Crippen molar-refractivity contribution in [2.75, 3.05) is 0 Å². The Morgan fingerprint density at radius 1 is 0.828 bits per heavy atom. The average molecular weight is 525 g/mol. The zero-order valence-corrected chi connectivity index (χ0v) is 21.2. The third kappa shape index (κ3) is 7.20. The largest absolute Gasteiger partial charge is 0.388 e. The standard InChI is InChI=1S/C25H35Br2NO/c1-4-6-16-25(29,17-7-5-2)20(3)28(18-21-12-8-10-14-23(21)26)19-22-13-9-11-15-24(22)27/h8-15,20,29H,4-7,16-19H2,1-3H3/t20-/m0/s1. The van der Waals surface area contributed by atoms with Crippen molar-refractivity contribution in [3.05, 3.63) is 68.6 Å². The SMILES string of the molecule is CCCCC(O)(CCCC)[C@H](C)N(Cc1ccccc1Br)Cc1ccccc1Br. The maximum Gasteiger partial charge on any atom is 0.0799 e. The van der Waals surface area contributed by atoms with Gasteiger partial charge in [0.1, 0.15) is 0 Å². The monoisotopic (exact) mass is 523 g/mol. The molecule has 160 valence electrons. The minimum atomic E-state index is -0.672. The second kappa shape index (κ2) is 12.2. The summed E-state index contributed by atoms with van der Waals surface area (Å²) in [5.41, 5.74) is 1.83. The molecule has 2 rings (SSSR count). The Morgan fingerprint density at radius 3 is 1.62 bits per heavy atom. The molecule has 29 heavy (non-hydrogen) atoms. The summed E-state index contributed by atoms with van der Waals surface area (Å²) in [5.74, 6) is 0. The maximum atomic E-state index is 11.7. The van der Waals surface area contributed by atoms with E-state index in [0.29, 0.717) is 0 Å². The van der Waals surface area contributed by atoms with E-state index in [9.17, 15) is 5.11 Å². The summed E-state index contributed by atoms with van der Waals surface area (Å²) >= 11 is 7.42. The van der Waals surface area contributed by atoms with Gasteiger partial charge in [0.05, 0.1) is 5.60 Å². The van der Waals surface area contributed by atoms with Crippen molar-refractivity contribution in [1.29, 1.82) is 0 Å². The second-order valence-corrected chi connectivity index (χ2v) is 9.78. The van der Waals surface area contributed by atoms with Crippen LogP contribution in [0.4, 0.5) is 0 Å². The van der Waals surface area contributed by atoms with E-state index in [0.717, 1.165) is 60.6 Å². The van der Waals surface area contributed by atoms with Crippen molar-refractivity contribution >= 4 is 31.9 Å². The molecule has 0 saturated heterocycles. The Bertz CT molecular complexity index is 694. The summed E-state index contributed by atoms with van der Waals surface area (Å²) in [6.07, 6.45) is 6.04. The highest BCUT2D eigenvalue weighted by Gasteiger charge is 2.36. The van der Waals surface area contributed by atoms with Gasteiger partial charge in [-0.25, -0.2) is 0 Å². The molecular weight excluding hydrogens is 490 g/mol. The Labute approximate surface area is 194 Å². The van der Waals surface area contributed by atoms with Crippen LogP contribution in [0.5, 0.6) is 0 Å². The zero-order chi connectivity index (χ0) is 21.3. The molecule has 0 bridgehead atoms. The van der Waals surface area contributed by atoms with Crippen LogP contribution in [0.25, 0.3) is 0 Å². The molecule has 0 saturated carbocycles. The van der Waals surface area contributed by atoms with Crippen molar-refractivity contribution in [1.82, 2.24) is 4.90 Å². The number of rotatable bonds is 12. The lowest BCUT2D eigenvalue weighted by atomic mass is 9.83. The van der Waals surface area contributed by atoms with Gasteiger partial charge in [-0.3, -0.25) is 4.90 Å². The van der Waals surface area contributed by atoms with Gasteiger partial charge in [0, 0.05) is 28.1 Å². The minimum Gasteiger partial charge on any atom is -0.388 e. The lowest BCUT2D eigenvalue weighted by Gasteiger charge is -2.42. The number of hydrogen-bond acceptors (Lipinski definition) is 2. The Kier molecular flexibility index (Phi) is 10.4.